The minimum atomic E-state index is 0. The van der Waals surface area contributed by atoms with Crippen LogP contribution in [0.3, 0.4) is 0 Å². The second-order valence-electron chi connectivity index (χ2n) is 0. The standard InChI is InChI=1S/5ClH.2K.Ru/h5*1H;;;/q;;;;;2*+1;/p-5. The van der Waals surface area contributed by atoms with E-state index in [0.29, 0.717) is 0 Å². The van der Waals surface area contributed by atoms with E-state index in [0.717, 1.165) is 0 Å². The maximum Gasteiger partial charge on any atom is 1.00 e. The molecule has 0 spiro atoms. The van der Waals surface area contributed by atoms with E-state index in [1.165, 1.54) is 0 Å². The van der Waals surface area contributed by atoms with Gasteiger partial charge in [-0.1, -0.05) is 0 Å². The molecule has 0 saturated heterocycles. The molecule has 0 aromatic carbocycles. The van der Waals surface area contributed by atoms with Gasteiger partial charge in [0.25, 0.3) is 0 Å². The molecule has 0 atom stereocenters. The van der Waals surface area contributed by atoms with Crippen molar-refractivity contribution < 1.29 is 184 Å². The average molecular weight is 357 g/mol. The van der Waals surface area contributed by atoms with Crippen LogP contribution in [-0.4, -0.2) is 0 Å². The van der Waals surface area contributed by atoms with Crippen LogP contribution in [0.15, 0.2) is 0 Å². The van der Waals surface area contributed by atoms with E-state index in [-0.39, 0.29) is 184 Å². The molecule has 0 amide bonds. The van der Waals surface area contributed by atoms with Crippen molar-refractivity contribution in [2.75, 3.05) is 0 Å². The van der Waals surface area contributed by atoms with Gasteiger partial charge in [-0.2, -0.15) is 0 Å². The molecule has 0 aromatic heterocycles. The summed E-state index contributed by atoms with van der Waals surface area (Å²) in [6.45, 7) is 0. The summed E-state index contributed by atoms with van der Waals surface area (Å²) in [6, 6.07) is 0. The Morgan fingerprint density at radius 3 is 0.375 bits per heavy atom. The van der Waals surface area contributed by atoms with Crippen molar-refractivity contribution >= 4 is 0 Å². The van der Waals surface area contributed by atoms with Gasteiger partial charge >= 0.3 is 103 Å². The van der Waals surface area contributed by atoms with Crippen LogP contribution in [0.4, 0.5) is 0 Å². The van der Waals surface area contributed by atoms with E-state index in [1.54, 1.807) is 0 Å². The first kappa shape index (κ1) is 71.2. The van der Waals surface area contributed by atoms with Crippen molar-refractivity contribution in [3.05, 3.63) is 0 Å². The third-order valence-corrected chi connectivity index (χ3v) is 0. The molecule has 0 bridgehead atoms. The minimum Gasteiger partial charge on any atom is -1.00 e. The van der Waals surface area contributed by atoms with Gasteiger partial charge in [-0.25, -0.2) is 0 Å². The topological polar surface area (TPSA) is 0 Å². The van der Waals surface area contributed by atoms with Gasteiger partial charge in [-0.05, 0) is 0 Å². The second-order valence-corrected chi connectivity index (χ2v) is 0. The Labute approximate surface area is 179 Å². The molecule has 0 aliphatic rings. The molecular weight excluding hydrogens is 357 g/mol. The monoisotopic (exact) mass is 355 g/mol. The molecule has 0 aliphatic heterocycles. The van der Waals surface area contributed by atoms with Crippen molar-refractivity contribution in [2.24, 2.45) is 0 Å². The van der Waals surface area contributed by atoms with Gasteiger partial charge in [0.05, 0.1) is 0 Å². The van der Waals surface area contributed by atoms with E-state index in [4.69, 9.17) is 0 Å². The maximum atomic E-state index is 0. The molecule has 8 heavy (non-hydrogen) atoms. The quantitative estimate of drug-likeness (QED) is 0.378. The summed E-state index contributed by atoms with van der Waals surface area (Å²) in [4.78, 5) is 0. The zero-order valence-electron chi connectivity index (χ0n) is 4.24. The molecule has 8 heteroatoms. The summed E-state index contributed by atoms with van der Waals surface area (Å²) < 4.78 is 0. The predicted molar refractivity (Wildman–Crippen MR) is 0 cm³/mol. The average Bonchev–Trinajstić information content (AvgIpc) is 0. The van der Waals surface area contributed by atoms with E-state index in [1.807, 2.05) is 0 Å². The summed E-state index contributed by atoms with van der Waals surface area (Å²) in [6.07, 6.45) is 0. The van der Waals surface area contributed by atoms with Crippen LogP contribution in [-0.2, 0) is 19.5 Å². The molecule has 0 aromatic rings. The molecule has 48 valence electrons. The van der Waals surface area contributed by atoms with Gasteiger partial charge in [0.1, 0.15) is 0 Å². The SMILES string of the molecule is [Cl-].[Cl-].[Cl-].[Cl-].[Cl-].[K+].[K+].[Ru]. The van der Waals surface area contributed by atoms with Crippen molar-refractivity contribution in [3.63, 3.8) is 0 Å². The first-order valence-corrected chi connectivity index (χ1v) is 0. The first-order valence-electron chi connectivity index (χ1n) is 0. The maximum absolute atomic E-state index is 0. The van der Waals surface area contributed by atoms with Crippen molar-refractivity contribution in [3.8, 4) is 0 Å². The zero-order chi connectivity index (χ0) is 0. The normalized spacial score (nSPS) is 0. The second kappa shape index (κ2) is 55.6. The molecule has 0 aliphatic carbocycles. The summed E-state index contributed by atoms with van der Waals surface area (Å²) in [5.41, 5.74) is 0. The van der Waals surface area contributed by atoms with Crippen LogP contribution >= 0.6 is 0 Å². The van der Waals surface area contributed by atoms with Gasteiger partial charge in [0.2, 0.25) is 0 Å². The Balaban J connectivity index is 0. The van der Waals surface area contributed by atoms with Gasteiger partial charge in [-0.3, -0.25) is 0 Å². The van der Waals surface area contributed by atoms with E-state index >= 15 is 0 Å². The van der Waals surface area contributed by atoms with Crippen LogP contribution in [0, 0.1) is 0 Å². The Kier molecular flexibility index (Phi) is 495. The van der Waals surface area contributed by atoms with E-state index in [9.17, 15) is 0 Å². The summed E-state index contributed by atoms with van der Waals surface area (Å²) >= 11 is 0. The molecule has 0 unspecified atom stereocenters. The van der Waals surface area contributed by atoms with Crippen molar-refractivity contribution in [1.82, 2.24) is 0 Å². The van der Waals surface area contributed by atoms with Crippen LogP contribution in [0.2, 0.25) is 0 Å². The van der Waals surface area contributed by atoms with Gasteiger partial charge in [-0.15, -0.1) is 0 Å². The van der Waals surface area contributed by atoms with Crippen molar-refractivity contribution in [2.45, 2.75) is 0 Å². The molecule has 0 rings (SSSR count). The summed E-state index contributed by atoms with van der Waals surface area (Å²) in [7, 11) is 0. The zero-order valence-corrected chi connectivity index (χ0v) is 16.0. The first-order chi connectivity index (χ1) is 0. The van der Waals surface area contributed by atoms with E-state index < -0.39 is 0 Å². The van der Waals surface area contributed by atoms with Crippen molar-refractivity contribution in [1.29, 1.82) is 0 Å². The van der Waals surface area contributed by atoms with Crippen LogP contribution in [0.5, 0.6) is 0 Å². The Hall–Kier alpha value is 5.35. The molecule has 0 fully saturated rings. The fraction of sp³-hybridized carbons (Fsp3) is 0. The fourth-order valence-corrected chi connectivity index (χ4v) is 0. The summed E-state index contributed by atoms with van der Waals surface area (Å²) in [5.74, 6) is 0. The van der Waals surface area contributed by atoms with Crippen LogP contribution in [0.1, 0.15) is 0 Å². The summed E-state index contributed by atoms with van der Waals surface area (Å²) in [5, 5.41) is 0. The third kappa shape index (κ3) is 42.5. The Morgan fingerprint density at radius 1 is 0.375 bits per heavy atom. The molecule has 0 radical (unpaired) electrons. The number of halogens is 5. The molecule has 0 saturated carbocycles. The molecule has 0 N–H and O–H groups in total. The predicted octanol–water partition coefficient (Wildman–Crippen LogP) is -21.0. The Bertz CT molecular complexity index is 10.4. The molecular formula is Cl5K2Ru-3. The van der Waals surface area contributed by atoms with E-state index in [2.05, 4.69) is 0 Å². The molecule has 0 nitrogen and oxygen atoms in total. The smallest absolute Gasteiger partial charge is 1.00 e. The molecule has 0 heterocycles. The van der Waals surface area contributed by atoms with Crippen LogP contribution < -0.4 is 165 Å². The van der Waals surface area contributed by atoms with Crippen LogP contribution in [0.25, 0.3) is 0 Å². The number of rotatable bonds is 0. The Morgan fingerprint density at radius 2 is 0.375 bits per heavy atom. The van der Waals surface area contributed by atoms with Gasteiger partial charge in [0, 0.05) is 19.5 Å². The van der Waals surface area contributed by atoms with Gasteiger partial charge < -0.3 is 62.0 Å². The number of hydrogen-bond donors (Lipinski definition) is 0. The third-order valence-electron chi connectivity index (χ3n) is 0. The number of hydrogen-bond acceptors (Lipinski definition) is 0. The van der Waals surface area contributed by atoms with Gasteiger partial charge in [0.15, 0.2) is 0 Å². The largest absolute Gasteiger partial charge is 1.00 e. The fourth-order valence-electron chi connectivity index (χ4n) is 0. The minimum absolute atomic E-state index is 0.